The van der Waals surface area contributed by atoms with E-state index in [0.717, 1.165) is 23.0 Å². The second-order valence-electron chi connectivity index (χ2n) is 7.04. The van der Waals surface area contributed by atoms with E-state index >= 15 is 0 Å². The van der Waals surface area contributed by atoms with E-state index in [1.807, 2.05) is 60.7 Å². The van der Waals surface area contributed by atoms with Crippen molar-refractivity contribution in [1.29, 1.82) is 0 Å². The summed E-state index contributed by atoms with van der Waals surface area (Å²) in [6, 6.07) is 24.2. The van der Waals surface area contributed by atoms with Crippen molar-refractivity contribution in [3.05, 3.63) is 101 Å². The zero-order valence-corrected chi connectivity index (χ0v) is 20.2. The Morgan fingerprint density at radius 1 is 0.939 bits per heavy atom. The minimum absolute atomic E-state index is 0.0343. The molecule has 8 nitrogen and oxygen atoms in total. The van der Waals surface area contributed by atoms with E-state index in [9.17, 15) is 18.5 Å². The van der Waals surface area contributed by atoms with Crippen LogP contribution in [0.5, 0.6) is 0 Å². The number of sulfonamides is 1. The van der Waals surface area contributed by atoms with Gasteiger partial charge in [0, 0.05) is 30.5 Å². The van der Waals surface area contributed by atoms with Gasteiger partial charge in [0.25, 0.3) is 5.69 Å². The molecule has 0 aliphatic carbocycles. The SMILES string of the molecule is O=[N+]([O-])c1ccc(S(=O)(=O)NCCCOP(=S)(NCc2ccccc2)c2ccccc2)cc1. The number of non-ortho nitro benzene ring substituents is 1. The van der Waals surface area contributed by atoms with E-state index < -0.39 is 21.4 Å². The van der Waals surface area contributed by atoms with E-state index in [1.54, 1.807) is 0 Å². The van der Waals surface area contributed by atoms with Crippen LogP contribution in [0.2, 0.25) is 0 Å². The zero-order valence-electron chi connectivity index (χ0n) is 17.7. The van der Waals surface area contributed by atoms with Crippen molar-refractivity contribution in [2.75, 3.05) is 13.2 Å². The molecule has 0 spiro atoms. The normalized spacial score (nSPS) is 13.3. The predicted octanol–water partition coefficient (Wildman–Crippen LogP) is 3.70. The fraction of sp³-hybridized carbons (Fsp3) is 0.182. The van der Waals surface area contributed by atoms with E-state index in [1.165, 1.54) is 12.1 Å². The van der Waals surface area contributed by atoms with E-state index in [0.29, 0.717) is 13.0 Å². The maximum Gasteiger partial charge on any atom is 0.269 e. The summed E-state index contributed by atoms with van der Waals surface area (Å²) in [5, 5.41) is 15.0. The lowest BCUT2D eigenvalue weighted by Crippen LogP contribution is -2.26. The molecule has 0 aliphatic rings. The summed E-state index contributed by atoms with van der Waals surface area (Å²) < 4.78 is 33.4. The Morgan fingerprint density at radius 3 is 2.15 bits per heavy atom. The molecule has 0 radical (unpaired) electrons. The lowest BCUT2D eigenvalue weighted by Gasteiger charge is -2.24. The Morgan fingerprint density at radius 2 is 1.55 bits per heavy atom. The molecule has 1 unspecified atom stereocenters. The van der Waals surface area contributed by atoms with Gasteiger partial charge in [-0.3, -0.25) is 15.2 Å². The van der Waals surface area contributed by atoms with Gasteiger partial charge in [-0.15, -0.1) is 0 Å². The Labute approximate surface area is 198 Å². The minimum Gasteiger partial charge on any atom is -0.335 e. The van der Waals surface area contributed by atoms with Crippen molar-refractivity contribution in [1.82, 2.24) is 9.81 Å². The molecule has 2 N–H and O–H groups in total. The van der Waals surface area contributed by atoms with Crippen LogP contribution in [0, 0.1) is 10.1 Å². The molecule has 0 amide bonds. The van der Waals surface area contributed by atoms with E-state index in [2.05, 4.69) is 9.81 Å². The summed E-state index contributed by atoms with van der Waals surface area (Å²) in [5.41, 5.74) is 0.916. The first-order valence-electron chi connectivity index (χ1n) is 10.1. The number of nitrogens with zero attached hydrogens (tertiary/aromatic N) is 1. The maximum atomic E-state index is 12.4. The predicted molar refractivity (Wildman–Crippen MR) is 132 cm³/mol. The van der Waals surface area contributed by atoms with Crippen LogP contribution in [0.4, 0.5) is 5.69 Å². The number of nitro benzene ring substituents is 1. The Hall–Kier alpha value is -2.46. The van der Waals surface area contributed by atoms with Crippen molar-refractivity contribution >= 4 is 39.2 Å². The Balaban J connectivity index is 1.56. The van der Waals surface area contributed by atoms with Crippen LogP contribution >= 0.6 is 6.42 Å². The van der Waals surface area contributed by atoms with E-state index in [-0.39, 0.29) is 23.7 Å². The molecule has 1 atom stereocenters. The molecule has 0 aliphatic heterocycles. The number of nitrogens with one attached hydrogen (secondary N) is 2. The van der Waals surface area contributed by atoms with Crippen molar-refractivity contribution in [2.24, 2.45) is 0 Å². The molecule has 0 saturated carbocycles. The average molecular weight is 506 g/mol. The number of rotatable bonds is 12. The number of nitro groups is 1. The first-order chi connectivity index (χ1) is 15.8. The highest BCUT2D eigenvalue weighted by molar-refractivity contribution is 8.14. The average Bonchev–Trinajstić information content (AvgIpc) is 2.84. The molecule has 0 fully saturated rings. The first kappa shape index (κ1) is 25.2. The molecule has 0 saturated heterocycles. The molecular formula is C22H24N3O5PS2. The molecule has 3 aromatic rings. The summed E-state index contributed by atoms with van der Waals surface area (Å²) in [5.74, 6) is 0. The van der Waals surface area contributed by atoms with Gasteiger partial charge in [-0.2, -0.15) is 0 Å². The minimum atomic E-state index is -3.78. The summed E-state index contributed by atoms with van der Waals surface area (Å²) in [6.07, 6.45) is -2.14. The highest BCUT2D eigenvalue weighted by Crippen LogP contribution is 2.42. The molecule has 33 heavy (non-hydrogen) atoms. The van der Waals surface area contributed by atoms with Gasteiger partial charge in [0.2, 0.25) is 10.0 Å². The van der Waals surface area contributed by atoms with Crippen LogP contribution < -0.4 is 15.1 Å². The van der Waals surface area contributed by atoms with Crippen LogP contribution in [0.25, 0.3) is 0 Å². The largest absolute Gasteiger partial charge is 0.335 e. The smallest absolute Gasteiger partial charge is 0.269 e. The number of hydrogen-bond donors (Lipinski definition) is 2. The van der Waals surface area contributed by atoms with Gasteiger partial charge >= 0.3 is 0 Å². The first-order valence-corrected chi connectivity index (χ1v) is 14.3. The van der Waals surface area contributed by atoms with Crippen LogP contribution in [-0.4, -0.2) is 26.5 Å². The van der Waals surface area contributed by atoms with Crippen molar-refractivity contribution in [3.8, 4) is 0 Å². The molecular weight excluding hydrogens is 481 g/mol. The molecule has 174 valence electrons. The van der Waals surface area contributed by atoms with Crippen LogP contribution in [0.3, 0.4) is 0 Å². The lowest BCUT2D eigenvalue weighted by molar-refractivity contribution is -0.384. The van der Waals surface area contributed by atoms with Gasteiger partial charge in [-0.1, -0.05) is 60.7 Å². The van der Waals surface area contributed by atoms with Gasteiger partial charge in [-0.05, 0) is 35.9 Å². The summed E-state index contributed by atoms with van der Waals surface area (Å²) in [4.78, 5) is 10.1. The Bertz CT molecular complexity index is 1210. The van der Waals surface area contributed by atoms with Crippen molar-refractivity contribution in [2.45, 2.75) is 17.9 Å². The maximum absolute atomic E-state index is 12.4. The zero-order chi connectivity index (χ0) is 23.7. The fourth-order valence-corrected chi connectivity index (χ4v) is 6.55. The van der Waals surface area contributed by atoms with Gasteiger partial charge in [0.15, 0.2) is 6.42 Å². The van der Waals surface area contributed by atoms with Crippen molar-refractivity contribution < 1.29 is 17.9 Å². The topological polar surface area (TPSA) is 111 Å². The second-order valence-corrected chi connectivity index (χ2v) is 12.5. The lowest BCUT2D eigenvalue weighted by atomic mass is 10.2. The molecule has 11 heteroatoms. The van der Waals surface area contributed by atoms with Crippen LogP contribution in [-0.2, 0) is 32.9 Å². The second kappa shape index (κ2) is 11.6. The third kappa shape index (κ3) is 7.26. The number of hydrogen-bond acceptors (Lipinski definition) is 6. The van der Waals surface area contributed by atoms with Gasteiger partial charge in [0.1, 0.15) is 0 Å². The van der Waals surface area contributed by atoms with Crippen LogP contribution in [0.15, 0.2) is 89.8 Å². The molecule has 0 heterocycles. The summed E-state index contributed by atoms with van der Waals surface area (Å²) in [6.45, 7) is 0.957. The highest BCUT2D eigenvalue weighted by Gasteiger charge is 2.20. The van der Waals surface area contributed by atoms with Gasteiger partial charge < -0.3 is 4.52 Å². The summed E-state index contributed by atoms with van der Waals surface area (Å²) >= 11 is 5.88. The molecule has 0 bridgehead atoms. The van der Waals surface area contributed by atoms with Gasteiger partial charge in [-0.25, -0.2) is 13.1 Å². The Kier molecular flexibility index (Phi) is 8.85. The standard InChI is InChI=1S/C22H24N3O5PS2/c26-25(27)20-12-14-22(15-13-20)33(28,29)24-16-7-17-30-31(32,21-10-5-2-6-11-21)23-18-19-8-3-1-4-9-19/h1-6,8-15,24H,7,16-18H2,(H,23,32). The quantitative estimate of drug-likeness (QED) is 0.167. The highest BCUT2D eigenvalue weighted by atomic mass is 32.4. The number of benzene rings is 3. The van der Waals surface area contributed by atoms with Gasteiger partial charge in [0.05, 0.1) is 16.4 Å². The monoisotopic (exact) mass is 505 g/mol. The molecule has 3 rings (SSSR count). The third-order valence-electron chi connectivity index (χ3n) is 4.67. The molecule has 3 aromatic carbocycles. The third-order valence-corrected chi connectivity index (χ3v) is 9.59. The fourth-order valence-electron chi connectivity index (χ4n) is 2.93. The van der Waals surface area contributed by atoms with Crippen LogP contribution in [0.1, 0.15) is 12.0 Å². The van der Waals surface area contributed by atoms with E-state index in [4.69, 9.17) is 16.3 Å². The van der Waals surface area contributed by atoms with Crippen molar-refractivity contribution in [3.63, 3.8) is 0 Å². The molecule has 0 aromatic heterocycles. The summed E-state index contributed by atoms with van der Waals surface area (Å²) in [7, 11) is -3.78.